The van der Waals surface area contributed by atoms with Crippen LogP contribution in [0.2, 0.25) is 0 Å². The van der Waals surface area contributed by atoms with Crippen molar-refractivity contribution in [2.24, 2.45) is 0 Å². The van der Waals surface area contributed by atoms with Crippen molar-refractivity contribution in [3.63, 3.8) is 0 Å². The predicted molar refractivity (Wildman–Crippen MR) is 102 cm³/mol. The third kappa shape index (κ3) is 6.66. The van der Waals surface area contributed by atoms with Gasteiger partial charge in [-0.3, -0.25) is 0 Å². The van der Waals surface area contributed by atoms with E-state index in [0.717, 1.165) is 19.4 Å². The Balaban J connectivity index is 1.71. The number of ether oxygens (including phenoxy) is 1. The quantitative estimate of drug-likeness (QED) is 0.545. The van der Waals surface area contributed by atoms with Gasteiger partial charge in [0.1, 0.15) is 5.75 Å². The smallest absolute Gasteiger partial charge is 0.387 e. The molecule has 6 heteroatoms. The van der Waals surface area contributed by atoms with Crippen LogP contribution < -0.4 is 15.4 Å². The van der Waals surface area contributed by atoms with Crippen LogP contribution in [-0.4, -0.2) is 18.3 Å². The number of alkyl halides is 2. The molecule has 0 aliphatic heterocycles. The molecule has 0 saturated heterocycles. The number of anilines is 1. The normalized spacial score (nSPS) is 10.6. The summed E-state index contributed by atoms with van der Waals surface area (Å²) in [5.41, 5.74) is 4.65. The van der Waals surface area contributed by atoms with E-state index in [1.165, 1.54) is 28.8 Å². The number of halogens is 2. The third-order valence-corrected chi connectivity index (χ3v) is 3.99. The summed E-state index contributed by atoms with van der Waals surface area (Å²) in [6.07, 6.45) is 1.95. The van der Waals surface area contributed by atoms with E-state index in [4.69, 9.17) is 12.2 Å². The van der Waals surface area contributed by atoms with Crippen LogP contribution in [0.3, 0.4) is 0 Å². The van der Waals surface area contributed by atoms with Crippen LogP contribution in [0, 0.1) is 13.8 Å². The first-order valence-electron chi connectivity index (χ1n) is 8.10. The summed E-state index contributed by atoms with van der Waals surface area (Å²) >= 11 is 5.24. The molecule has 0 aliphatic carbocycles. The number of thiocarbonyl (C=S) groups is 1. The Bertz CT molecular complexity index is 705. The highest BCUT2D eigenvalue weighted by Gasteiger charge is 2.04. The van der Waals surface area contributed by atoms with Crippen LogP contribution in [0.5, 0.6) is 5.75 Å². The molecule has 0 amide bonds. The summed E-state index contributed by atoms with van der Waals surface area (Å²) in [6, 6.07) is 12.7. The Morgan fingerprint density at radius 2 is 1.84 bits per heavy atom. The highest BCUT2D eigenvalue weighted by Crippen LogP contribution is 2.17. The fourth-order valence-corrected chi connectivity index (χ4v) is 2.72. The van der Waals surface area contributed by atoms with Crippen molar-refractivity contribution in [3.05, 3.63) is 59.2 Å². The number of rotatable bonds is 7. The van der Waals surface area contributed by atoms with Gasteiger partial charge in [-0.2, -0.15) is 8.78 Å². The molecule has 2 aromatic rings. The molecular weight excluding hydrogens is 342 g/mol. The van der Waals surface area contributed by atoms with E-state index in [-0.39, 0.29) is 5.75 Å². The monoisotopic (exact) mass is 364 g/mol. The van der Waals surface area contributed by atoms with Crippen LogP contribution in [0.15, 0.2) is 42.5 Å². The SMILES string of the molecule is Cc1ccc(CCCNC(=S)Nc2ccc(OC(F)F)cc2)c(C)c1. The van der Waals surface area contributed by atoms with Gasteiger partial charge in [-0.05, 0) is 74.3 Å². The van der Waals surface area contributed by atoms with Gasteiger partial charge in [-0.15, -0.1) is 0 Å². The summed E-state index contributed by atoms with van der Waals surface area (Å²) < 4.78 is 28.5. The van der Waals surface area contributed by atoms with Gasteiger partial charge in [0.15, 0.2) is 5.11 Å². The second-order valence-corrected chi connectivity index (χ2v) is 6.23. The molecule has 0 heterocycles. The van der Waals surface area contributed by atoms with Gasteiger partial charge < -0.3 is 15.4 Å². The van der Waals surface area contributed by atoms with Crippen molar-refractivity contribution >= 4 is 23.0 Å². The van der Waals surface area contributed by atoms with Gasteiger partial charge in [0, 0.05) is 12.2 Å². The lowest BCUT2D eigenvalue weighted by atomic mass is 10.0. The summed E-state index contributed by atoms with van der Waals surface area (Å²) in [5.74, 6) is 0.118. The first kappa shape index (κ1) is 19.1. The van der Waals surface area contributed by atoms with Crippen LogP contribution in [-0.2, 0) is 6.42 Å². The number of nitrogens with one attached hydrogen (secondary N) is 2. The summed E-state index contributed by atoms with van der Waals surface area (Å²) in [6.45, 7) is 2.16. The minimum absolute atomic E-state index is 0.118. The molecule has 3 nitrogen and oxygen atoms in total. The molecule has 2 N–H and O–H groups in total. The van der Waals surface area contributed by atoms with Crippen LogP contribution >= 0.6 is 12.2 Å². The molecule has 0 fully saturated rings. The van der Waals surface area contributed by atoms with Crippen molar-refractivity contribution in [1.82, 2.24) is 5.32 Å². The van der Waals surface area contributed by atoms with Crippen LogP contribution in [0.25, 0.3) is 0 Å². The molecule has 2 aromatic carbocycles. The molecule has 25 heavy (non-hydrogen) atoms. The molecule has 0 aliphatic rings. The maximum Gasteiger partial charge on any atom is 0.387 e. The molecule has 0 spiro atoms. The van der Waals surface area contributed by atoms with E-state index in [1.807, 2.05) is 0 Å². The zero-order chi connectivity index (χ0) is 18.2. The van der Waals surface area contributed by atoms with Crippen molar-refractivity contribution in [1.29, 1.82) is 0 Å². The van der Waals surface area contributed by atoms with Gasteiger partial charge in [-0.1, -0.05) is 23.8 Å². The van der Waals surface area contributed by atoms with Crippen molar-refractivity contribution in [2.75, 3.05) is 11.9 Å². The Labute approximate surface area is 152 Å². The topological polar surface area (TPSA) is 33.3 Å². The molecule has 0 aromatic heterocycles. The lowest BCUT2D eigenvalue weighted by Crippen LogP contribution is -2.29. The molecule has 0 atom stereocenters. The third-order valence-electron chi connectivity index (χ3n) is 3.74. The molecule has 2 rings (SSSR count). The maximum absolute atomic E-state index is 12.1. The van der Waals surface area contributed by atoms with Gasteiger partial charge >= 0.3 is 6.61 Å². The standard InChI is InChI=1S/C19H22F2N2OS/c1-13-5-6-15(14(2)12-13)4-3-11-22-19(25)23-16-7-9-17(10-8-16)24-18(20)21/h5-10,12,18H,3-4,11H2,1-2H3,(H2,22,23,25). The van der Waals surface area contributed by atoms with Crippen LogP contribution in [0.1, 0.15) is 23.1 Å². The van der Waals surface area contributed by atoms with E-state index in [0.29, 0.717) is 10.8 Å². The fourth-order valence-electron chi connectivity index (χ4n) is 2.50. The predicted octanol–water partition coefficient (Wildman–Crippen LogP) is 4.82. The zero-order valence-electron chi connectivity index (χ0n) is 14.3. The molecule has 134 valence electrons. The first-order chi connectivity index (χ1) is 11.9. The Morgan fingerprint density at radius 1 is 1.12 bits per heavy atom. The number of aryl methyl sites for hydroxylation is 3. The summed E-state index contributed by atoms with van der Waals surface area (Å²) in [4.78, 5) is 0. The maximum atomic E-state index is 12.1. The van der Waals surface area contributed by atoms with Crippen LogP contribution in [0.4, 0.5) is 14.5 Å². The lowest BCUT2D eigenvalue weighted by molar-refractivity contribution is -0.0498. The number of hydrogen-bond acceptors (Lipinski definition) is 2. The Hall–Kier alpha value is -2.21. The van der Waals surface area contributed by atoms with Crippen molar-refractivity contribution in [3.8, 4) is 5.75 Å². The first-order valence-corrected chi connectivity index (χ1v) is 8.51. The summed E-state index contributed by atoms with van der Waals surface area (Å²) in [7, 11) is 0. The second kappa shape index (κ2) is 9.32. The summed E-state index contributed by atoms with van der Waals surface area (Å²) in [5, 5.41) is 6.67. The molecule has 0 unspecified atom stereocenters. The highest BCUT2D eigenvalue weighted by molar-refractivity contribution is 7.80. The molecular formula is C19H22F2N2OS. The molecule has 0 radical (unpaired) electrons. The Kier molecular flexibility index (Phi) is 7.13. The van der Waals surface area contributed by atoms with Gasteiger partial charge in [0.05, 0.1) is 0 Å². The largest absolute Gasteiger partial charge is 0.435 e. The average Bonchev–Trinajstić information content (AvgIpc) is 2.54. The highest BCUT2D eigenvalue weighted by atomic mass is 32.1. The van der Waals surface area contributed by atoms with E-state index in [1.54, 1.807) is 12.1 Å². The van der Waals surface area contributed by atoms with Gasteiger partial charge in [-0.25, -0.2) is 0 Å². The zero-order valence-corrected chi connectivity index (χ0v) is 15.1. The Morgan fingerprint density at radius 3 is 2.48 bits per heavy atom. The molecule has 0 bridgehead atoms. The second-order valence-electron chi connectivity index (χ2n) is 5.82. The van der Waals surface area contributed by atoms with E-state index >= 15 is 0 Å². The van der Waals surface area contributed by atoms with Crippen molar-refractivity contribution in [2.45, 2.75) is 33.3 Å². The number of hydrogen-bond donors (Lipinski definition) is 2. The minimum atomic E-state index is -2.82. The average molecular weight is 364 g/mol. The minimum Gasteiger partial charge on any atom is -0.435 e. The van der Waals surface area contributed by atoms with E-state index in [2.05, 4.69) is 47.4 Å². The molecule has 0 saturated carbocycles. The van der Waals surface area contributed by atoms with Crippen molar-refractivity contribution < 1.29 is 13.5 Å². The van der Waals surface area contributed by atoms with Gasteiger partial charge in [0.2, 0.25) is 0 Å². The van der Waals surface area contributed by atoms with E-state index in [9.17, 15) is 8.78 Å². The fraction of sp³-hybridized carbons (Fsp3) is 0.316. The number of benzene rings is 2. The lowest BCUT2D eigenvalue weighted by Gasteiger charge is -2.12. The van der Waals surface area contributed by atoms with E-state index < -0.39 is 6.61 Å². The van der Waals surface area contributed by atoms with Gasteiger partial charge in [0.25, 0.3) is 0 Å².